The van der Waals surface area contributed by atoms with Crippen LogP contribution in [0.4, 0.5) is 5.69 Å². The van der Waals surface area contributed by atoms with Crippen LogP contribution < -0.4 is 16.0 Å². The summed E-state index contributed by atoms with van der Waals surface area (Å²) >= 11 is 0. The van der Waals surface area contributed by atoms with Gasteiger partial charge in [-0.25, -0.2) is 0 Å². The van der Waals surface area contributed by atoms with Gasteiger partial charge in [0.15, 0.2) is 0 Å². The van der Waals surface area contributed by atoms with E-state index in [1.54, 1.807) is 12.1 Å². The number of nitrogens with one attached hydrogen (secondary N) is 3. The van der Waals surface area contributed by atoms with Gasteiger partial charge >= 0.3 is 0 Å². The number of hydrogen-bond acceptors (Lipinski definition) is 3. The molecule has 1 atom stereocenters. The number of amides is 2. The van der Waals surface area contributed by atoms with Gasteiger partial charge in [-0.05, 0) is 44.4 Å². The summed E-state index contributed by atoms with van der Waals surface area (Å²) in [7, 11) is 0. The van der Waals surface area contributed by atoms with E-state index in [1.807, 2.05) is 12.1 Å². The molecule has 0 aromatic heterocycles. The highest BCUT2D eigenvalue weighted by Gasteiger charge is 2.26. The molecule has 1 saturated carbocycles. The van der Waals surface area contributed by atoms with E-state index in [0.717, 1.165) is 32.2 Å². The van der Waals surface area contributed by atoms with Gasteiger partial charge in [-0.2, -0.15) is 0 Å². The van der Waals surface area contributed by atoms with Crippen LogP contribution in [0.5, 0.6) is 0 Å². The summed E-state index contributed by atoms with van der Waals surface area (Å²) in [6.45, 7) is 0.877. The number of carbonyl (C=O) groups excluding carboxylic acids is 2. The first-order valence-corrected chi connectivity index (χ1v) is 7.18. The zero-order chi connectivity index (χ0) is 13.9. The first-order chi connectivity index (χ1) is 9.74. The third-order valence-corrected chi connectivity index (χ3v) is 3.72. The lowest BCUT2D eigenvalue weighted by molar-refractivity contribution is -0.117. The maximum atomic E-state index is 12.1. The average molecular weight is 273 g/mol. The highest BCUT2D eigenvalue weighted by atomic mass is 16.2. The fourth-order valence-corrected chi connectivity index (χ4v) is 2.41. The summed E-state index contributed by atoms with van der Waals surface area (Å²) in [5.41, 5.74) is 1.12. The molecule has 5 heteroatoms. The van der Waals surface area contributed by atoms with Crippen molar-refractivity contribution in [2.45, 2.75) is 37.8 Å². The zero-order valence-corrected chi connectivity index (χ0v) is 11.3. The minimum atomic E-state index is -0.144. The van der Waals surface area contributed by atoms with Crippen LogP contribution in [0.3, 0.4) is 0 Å². The predicted molar refractivity (Wildman–Crippen MR) is 76.6 cm³/mol. The third-order valence-electron chi connectivity index (χ3n) is 3.72. The van der Waals surface area contributed by atoms with Crippen LogP contribution in [0.1, 0.15) is 36.0 Å². The summed E-state index contributed by atoms with van der Waals surface area (Å²) in [4.78, 5) is 24.3. The van der Waals surface area contributed by atoms with Gasteiger partial charge in [0.05, 0.1) is 17.3 Å². The van der Waals surface area contributed by atoms with Crippen LogP contribution in [0, 0.1) is 0 Å². The summed E-state index contributed by atoms with van der Waals surface area (Å²) in [6.07, 6.45) is 3.96. The van der Waals surface area contributed by atoms with Crippen molar-refractivity contribution < 1.29 is 9.59 Å². The van der Waals surface area contributed by atoms with Crippen LogP contribution >= 0.6 is 0 Å². The van der Waals surface area contributed by atoms with E-state index in [-0.39, 0.29) is 17.9 Å². The molecule has 0 radical (unpaired) electrons. The molecule has 1 aliphatic heterocycles. The fourth-order valence-electron chi connectivity index (χ4n) is 2.41. The Kier molecular flexibility index (Phi) is 3.69. The Morgan fingerprint density at radius 2 is 1.95 bits per heavy atom. The Hall–Kier alpha value is -1.88. The van der Waals surface area contributed by atoms with Crippen molar-refractivity contribution in [2.75, 3.05) is 11.9 Å². The van der Waals surface area contributed by atoms with Gasteiger partial charge in [-0.15, -0.1) is 0 Å². The van der Waals surface area contributed by atoms with E-state index < -0.39 is 0 Å². The summed E-state index contributed by atoms with van der Waals surface area (Å²) in [6, 6.07) is 7.32. The van der Waals surface area contributed by atoms with E-state index in [4.69, 9.17) is 0 Å². The highest BCUT2D eigenvalue weighted by molar-refractivity contribution is 6.05. The Labute approximate surface area is 118 Å². The Morgan fingerprint density at radius 1 is 1.15 bits per heavy atom. The van der Waals surface area contributed by atoms with Crippen LogP contribution in [0.2, 0.25) is 0 Å². The highest BCUT2D eigenvalue weighted by Crippen LogP contribution is 2.22. The molecular weight excluding hydrogens is 254 g/mol. The van der Waals surface area contributed by atoms with Crippen LogP contribution in [-0.2, 0) is 4.79 Å². The van der Waals surface area contributed by atoms with Crippen molar-refractivity contribution in [3.63, 3.8) is 0 Å². The average Bonchev–Trinajstić information content (AvgIpc) is 3.08. The number of anilines is 1. The van der Waals surface area contributed by atoms with Crippen LogP contribution in [0.25, 0.3) is 0 Å². The van der Waals surface area contributed by atoms with Crippen molar-refractivity contribution >= 4 is 17.5 Å². The molecule has 2 aliphatic rings. The molecule has 3 N–H and O–H groups in total. The lowest BCUT2D eigenvalue weighted by Gasteiger charge is -2.14. The normalized spacial score (nSPS) is 21.5. The van der Waals surface area contributed by atoms with Gasteiger partial charge in [0.1, 0.15) is 0 Å². The second kappa shape index (κ2) is 5.63. The number of carbonyl (C=O) groups is 2. The maximum Gasteiger partial charge on any atom is 0.253 e. The lowest BCUT2D eigenvalue weighted by Crippen LogP contribution is -2.36. The molecule has 1 aliphatic carbocycles. The van der Waals surface area contributed by atoms with Crippen molar-refractivity contribution in [3.8, 4) is 0 Å². The summed E-state index contributed by atoms with van der Waals surface area (Å²) in [5.74, 6) is -0.169. The second-order valence-corrected chi connectivity index (χ2v) is 5.43. The zero-order valence-electron chi connectivity index (χ0n) is 11.3. The molecule has 5 nitrogen and oxygen atoms in total. The van der Waals surface area contributed by atoms with Gasteiger partial charge in [-0.1, -0.05) is 12.1 Å². The SMILES string of the molecule is O=C(NC1CC1)c1ccccc1NC(=O)C1CCCN1. The first-order valence-electron chi connectivity index (χ1n) is 7.18. The molecule has 0 bridgehead atoms. The minimum absolute atomic E-state index is 0.0610. The quantitative estimate of drug-likeness (QED) is 0.773. The number of hydrogen-bond donors (Lipinski definition) is 3. The Morgan fingerprint density at radius 3 is 2.65 bits per heavy atom. The molecular formula is C15H19N3O2. The number of benzene rings is 1. The monoisotopic (exact) mass is 273 g/mol. The van der Waals surface area contributed by atoms with Gasteiger partial charge in [0.25, 0.3) is 5.91 Å². The van der Waals surface area contributed by atoms with Gasteiger partial charge in [-0.3, -0.25) is 9.59 Å². The second-order valence-electron chi connectivity index (χ2n) is 5.43. The maximum absolute atomic E-state index is 12.1. The molecule has 3 rings (SSSR count). The standard InChI is InChI=1S/C15H19N3O2/c19-14(17-10-7-8-10)11-4-1-2-5-12(11)18-15(20)13-6-3-9-16-13/h1-2,4-5,10,13,16H,3,6-9H2,(H,17,19)(H,18,20). The molecule has 106 valence electrons. The van der Waals surface area contributed by atoms with Crippen LogP contribution in [-0.4, -0.2) is 30.4 Å². The van der Waals surface area contributed by atoms with Crippen LogP contribution in [0.15, 0.2) is 24.3 Å². The molecule has 20 heavy (non-hydrogen) atoms. The van der Waals surface area contributed by atoms with Gasteiger partial charge in [0.2, 0.25) is 5.91 Å². The van der Waals surface area contributed by atoms with Crippen molar-refractivity contribution in [3.05, 3.63) is 29.8 Å². The molecule has 0 spiro atoms. The molecule has 1 aromatic carbocycles. The molecule has 1 unspecified atom stereocenters. The van der Waals surface area contributed by atoms with E-state index in [0.29, 0.717) is 17.3 Å². The summed E-state index contributed by atoms with van der Waals surface area (Å²) in [5, 5.41) is 8.97. The first kappa shape index (κ1) is 13.1. The van der Waals surface area contributed by atoms with Crippen molar-refractivity contribution in [2.24, 2.45) is 0 Å². The molecule has 2 fully saturated rings. The van der Waals surface area contributed by atoms with E-state index in [1.165, 1.54) is 0 Å². The molecule has 2 amide bonds. The smallest absolute Gasteiger partial charge is 0.253 e. The fraction of sp³-hybridized carbons (Fsp3) is 0.467. The third kappa shape index (κ3) is 2.99. The number of para-hydroxylation sites is 1. The van der Waals surface area contributed by atoms with Crippen molar-refractivity contribution in [1.29, 1.82) is 0 Å². The van der Waals surface area contributed by atoms with Gasteiger partial charge in [0, 0.05) is 6.04 Å². The van der Waals surface area contributed by atoms with E-state index >= 15 is 0 Å². The van der Waals surface area contributed by atoms with E-state index in [2.05, 4.69) is 16.0 Å². The topological polar surface area (TPSA) is 70.2 Å². The molecule has 1 saturated heterocycles. The Balaban J connectivity index is 1.71. The minimum Gasteiger partial charge on any atom is -0.349 e. The summed E-state index contributed by atoms with van der Waals surface area (Å²) < 4.78 is 0. The lowest BCUT2D eigenvalue weighted by atomic mass is 10.1. The van der Waals surface area contributed by atoms with Crippen molar-refractivity contribution in [1.82, 2.24) is 10.6 Å². The number of rotatable bonds is 4. The van der Waals surface area contributed by atoms with Gasteiger partial charge < -0.3 is 16.0 Å². The molecule has 1 aromatic rings. The Bertz CT molecular complexity index is 520. The largest absolute Gasteiger partial charge is 0.349 e. The molecule has 1 heterocycles. The predicted octanol–water partition coefficient (Wildman–Crippen LogP) is 1.27. The van der Waals surface area contributed by atoms with E-state index in [9.17, 15) is 9.59 Å².